The number of sulfonamides is 1. The second-order valence-electron chi connectivity index (χ2n) is 4.29. The predicted molar refractivity (Wildman–Crippen MR) is 75.5 cm³/mol. The predicted octanol–water partition coefficient (Wildman–Crippen LogP) is 1.10. The summed E-state index contributed by atoms with van der Waals surface area (Å²) in [6.45, 7) is 1.68. The number of hydrogen-bond acceptors (Lipinski definition) is 5. The van der Waals surface area contributed by atoms with Crippen molar-refractivity contribution in [1.82, 2.24) is 24.7 Å². The van der Waals surface area contributed by atoms with Gasteiger partial charge in [0.05, 0.1) is 18.1 Å². The third-order valence-corrected chi connectivity index (χ3v) is 4.00. The average molecular weight is 304 g/mol. The van der Waals surface area contributed by atoms with Crippen LogP contribution >= 0.6 is 0 Å². The number of aryl methyl sites for hydroxylation is 1. The summed E-state index contributed by atoms with van der Waals surface area (Å²) in [5.41, 5.74) is 0.359. The molecular weight excluding hydrogens is 292 g/mol. The SMILES string of the molecule is Cc1ncc(S(=O)(=O)Nc2ccc(-n3cccn3)nc2)[nH]1. The van der Waals surface area contributed by atoms with Gasteiger partial charge in [-0.15, -0.1) is 0 Å². The number of H-pyrrole nitrogens is 1. The highest BCUT2D eigenvalue weighted by Gasteiger charge is 2.16. The van der Waals surface area contributed by atoms with Crippen LogP contribution in [-0.2, 0) is 10.0 Å². The van der Waals surface area contributed by atoms with Crippen LogP contribution in [0.25, 0.3) is 5.82 Å². The maximum atomic E-state index is 12.1. The van der Waals surface area contributed by atoms with Crippen LogP contribution in [0.4, 0.5) is 5.69 Å². The van der Waals surface area contributed by atoms with Gasteiger partial charge in [-0.25, -0.2) is 14.6 Å². The average Bonchev–Trinajstić information content (AvgIpc) is 3.10. The standard InChI is InChI=1S/C12H12N6O2S/c1-9-13-8-12(16-9)21(19,20)17-10-3-4-11(14-7-10)18-6-2-5-15-18/h2-8,17H,1H3,(H,13,16). The molecule has 3 rings (SSSR count). The van der Waals surface area contributed by atoms with E-state index >= 15 is 0 Å². The van der Waals surface area contributed by atoms with Crippen molar-refractivity contribution in [3.63, 3.8) is 0 Å². The number of imidazole rings is 1. The number of hydrogen-bond donors (Lipinski definition) is 2. The van der Waals surface area contributed by atoms with E-state index in [2.05, 4.69) is 24.8 Å². The molecule has 3 heterocycles. The lowest BCUT2D eigenvalue weighted by molar-refractivity contribution is 0.598. The van der Waals surface area contributed by atoms with Gasteiger partial charge in [-0.2, -0.15) is 13.5 Å². The molecule has 0 fully saturated rings. The first-order chi connectivity index (χ1) is 10.0. The Hall–Kier alpha value is -2.68. The Morgan fingerprint density at radius 2 is 2.10 bits per heavy atom. The Morgan fingerprint density at radius 3 is 2.67 bits per heavy atom. The first kappa shape index (κ1) is 13.3. The van der Waals surface area contributed by atoms with Gasteiger partial charge in [0.2, 0.25) is 0 Å². The van der Waals surface area contributed by atoms with Gasteiger partial charge in [0, 0.05) is 12.4 Å². The zero-order valence-corrected chi connectivity index (χ0v) is 11.9. The smallest absolute Gasteiger partial charge is 0.279 e. The molecule has 0 spiro atoms. The highest BCUT2D eigenvalue weighted by atomic mass is 32.2. The minimum atomic E-state index is -3.69. The van der Waals surface area contributed by atoms with Gasteiger partial charge < -0.3 is 4.98 Å². The number of nitrogens with one attached hydrogen (secondary N) is 2. The maximum Gasteiger partial charge on any atom is 0.279 e. The van der Waals surface area contributed by atoms with Crippen LogP contribution in [0, 0.1) is 6.92 Å². The van der Waals surface area contributed by atoms with Crippen molar-refractivity contribution in [3.8, 4) is 5.82 Å². The zero-order chi connectivity index (χ0) is 14.9. The quantitative estimate of drug-likeness (QED) is 0.751. The van der Waals surface area contributed by atoms with Crippen LogP contribution < -0.4 is 4.72 Å². The van der Waals surface area contributed by atoms with Crippen LogP contribution in [0.3, 0.4) is 0 Å². The molecule has 0 amide bonds. The normalized spacial score (nSPS) is 11.5. The number of aromatic nitrogens is 5. The first-order valence-corrected chi connectivity index (χ1v) is 7.53. The molecule has 9 heteroatoms. The Labute approximate surface area is 120 Å². The summed E-state index contributed by atoms with van der Waals surface area (Å²) in [4.78, 5) is 10.7. The molecule has 0 bridgehead atoms. The fourth-order valence-electron chi connectivity index (χ4n) is 1.73. The zero-order valence-electron chi connectivity index (χ0n) is 11.1. The third kappa shape index (κ3) is 2.77. The lowest BCUT2D eigenvalue weighted by Crippen LogP contribution is -2.13. The topological polar surface area (TPSA) is 106 Å². The van der Waals surface area contributed by atoms with Crippen LogP contribution in [0.2, 0.25) is 0 Å². The van der Waals surface area contributed by atoms with Crippen LogP contribution in [0.5, 0.6) is 0 Å². The van der Waals surface area contributed by atoms with Gasteiger partial charge >= 0.3 is 0 Å². The molecule has 0 aliphatic carbocycles. The summed E-state index contributed by atoms with van der Waals surface area (Å²) in [6.07, 6.45) is 6.08. The van der Waals surface area contributed by atoms with Gasteiger partial charge in [0.1, 0.15) is 5.82 Å². The largest absolute Gasteiger partial charge is 0.332 e. The van der Waals surface area contributed by atoms with Crippen molar-refractivity contribution in [2.24, 2.45) is 0 Å². The first-order valence-electron chi connectivity index (χ1n) is 6.05. The van der Waals surface area contributed by atoms with Crippen molar-refractivity contribution >= 4 is 15.7 Å². The van der Waals surface area contributed by atoms with Gasteiger partial charge in [0.25, 0.3) is 10.0 Å². The number of rotatable bonds is 4. The van der Waals surface area contributed by atoms with Gasteiger partial charge in [0.15, 0.2) is 10.8 Å². The van der Waals surface area contributed by atoms with Gasteiger partial charge in [-0.05, 0) is 25.1 Å². The van der Waals surface area contributed by atoms with E-state index in [0.717, 1.165) is 0 Å². The Morgan fingerprint density at radius 1 is 1.24 bits per heavy atom. The molecule has 21 heavy (non-hydrogen) atoms. The fourth-order valence-corrected chi connectivity index (χ4v) is 2.75. The van der Waals surface area contributed by atoms with Crippen molar-refractivity contribution < 1.29 is 8.42 Å². The van der Waals surface area contributed by atoms with Gasteiger partial charge in [-0.1, -0.05) is 0 Å². The Balaban J connectivity index is 1.82. The van der Waals surface area contributed by atoms with E-state index in [1.165, 1.54) is 12.4 Å². The van der Waals surface area contributed by atoms with E-state index < -0.39 is 10.0 Å². The maximum absolute atomic E-state index is 12.1. The van der Waals surface area contributed by atoms with Crippen LogP contribution in [0.1, 0.15) is 5.82 Å². The molecule has 108 valence electrons. The number of anilines is 1. The van der Waals surface area contributed by atoms with E-state index in [-0.39, 0.29) is 5.03 Å². The molecule has 0 radical (unpaired) electrons. The molecule has 0 saturated carbocycles. The summed E-state index contributed by atoms with van der Waals surface area (Å²) < 4.78 is 28.2. The van der Waals surface area contributed by atoms with Crippen molar-refractivity contribution in [1.29, 1.82) is 0 Å². The number of nitrogens with zero attached hydrogens (tertiary/aromatic N) is 4. The minimum absolute atomic E-state index is 0.0103. The molecule has 0 atom stereocenters. The summed E-state index contributed by atoms with van der Waals surface area (Å²) >= 11 is 0. The van der Waals surface area contributed by atoms with E-state index in [4.69, 9.17) is 0 Å². The van der Waals surface area contributed by atoms with E-state index in [1.807, 2.05) is 0 Å². The Bertz CT molecular complexity index is 836. The fraction of sp³-hybridized carbons (Fsp3) is 0.0833. The molecular formula is C12H12N6O2S. The molecule has 2 N–H and O–H groups in total. The molecule has 8 nitrogen and oxygen atoms in total. The van der Waals surface area contributed by atoms with Crippen molar-refractivity contribution in [2.45, 2.75) is 11.9 Å². The molecule has 0 aliphatic heterocycles. The Kier molecular flexibility index (Phi) is 3.18. The van der Waals surface area contributed by atoms with E-state index in [0.29, 0.717) is 17.3 Å². The number of aromatic amines is 1. The van der Waals surface area contributed by atoms with E-state index in [1.54, 1.807) is 42.2 Å². The minimum Gasteiger partial charge on any atom is -0.332 e. The summed E-state index contributed by atoms with van der Waals surface area (Å²) in [5.74, 6) is 1.13. The van der Waals surface area contributed by atoms with Crippen LogP contribution in [-0.4, -0.2) is 33.2 Å². The van der Waals surface area contributed by atoms with Crippen molar-refractivity contribution in [3.05, 3.63) is 48.8 Å². The number of pyridine rings is 1. The lowest BCUT2D eigenvalue weighted by atomic mass is 10.4. The highest BCUT2D eigenvalue weighted by molar-refractivity contribution is 7.92. The molecule has 0 aromatic carbocycles. The highest BCUT2D eigenvalue weighted by Crippen LogP contribution is 2.14. The second kappa shape index (κ2) is 5.02. The molecule has 0 unspecified atom stereocenters. The monoisotopic (exact) mass is 304 g/mol. The summed E-state index contributed by atoms with van der Waals surface area (Å²) in [7, 11) is -3.69. The van der Waals surface area contributed by atoms with Gasteiger partial charge in [-0.3, -0.25) is 4.72 Å². The van der Waals surface area contributed by atoms with Crippen LogP contribution in [0.15, 0.2) is 48.0 Å². The second-order valence-corrected chi connectivity index (χ2v) is 5.94. The lowest BCUT2D eigenvalue weighted by Gasteiger charge is -2.06. The molecule has 3 aromatic heterocycles. The molecule has 0 saturated heterocycles. The van der Waals surface area contributed by atoms with Crippen molar-refractivity contribution in [2.75, 3.05) is 4.72 Å². The molecule has 0 aliphatic rings. The summed E-state index contributed by atoms with van der Waals surface area (Å²) in [5, 5.41) is 4.05. The summed E-state index contributed by atoms with van der Waals surface area (Å²) in [6, 6.07) is 5.06. The third-order valence-electron chi connectivity index (χ3n) is 2.71. The molecule has 3 aromatic rings. The van der Waals surface area contributed by atoms with E-state index in [9.17, 15) is 8.42 Å².